The first kappa shape index (κ1) is 20.8. The van der Waals surface area contributed by atoms with Crippen molar-refractivity contribution in [2.24, 2.45) is 0 Å². The van der Waals surface area contributed by atoms with Gasteiger partial charge in [-0.15, -0.1) is 0 Å². The van der Waals surface area contributed by atoms with E-state index < -0.39 is 5.60 Å². The maximum absolute atomic E-state index is 13.2. The second-order valence-corrected chi connectivity index (χ2v) is 8.69. The fraction of sp³-hybridized carbons (Fsp3) is 0.440. The van der Waals surface area contributed by atoms with Gasteiger partial charge in [0.25, 0.3) is 5.91 Å². The minimum atomic E-state index is -0.446. The van der Waals surface area contributed by atoms with E-state index in [1.165, 1.54) is 0 Å². The van der Waals surface area contributed by atoms with E-state index in [2.05, 4.69) is 17.0 Å². The Hall–Kier alpha value is -3.06. The van der Waals surface area contributed by atoms with Gasteiger partial charge in [0, 0.05) is 37.1 Å². The Labute approximate surface area is 188 Å². The SMILES string of the molecule is CCCn1ncc(C(=O)N2CCC3(CC2)OCCc2cnc(-c4ccccc4)nc23)c1C. The van der Waals surface area contributed by atoms with Crippen molar-refractivity contribution in [3.63, 3.8) is 0 Å². The topological polar surface area (TPSA) is 73.1 Å². The normalized spacial score (nSPS) is 17.4. The molecule has 1 spiro atoms. The summed E-state index contributed by atoms with van der Waals surface area (Å²) in [7, 11) is 0. The zero-order valence-corrected chi connectivity index (χ0v) is 18.8. The van der Waals surface area contributed by atoms with Crippen LogP contribution in [0, 0.1) is 6.92 Å². The molecule has 1 aromatic carbocycles. The number of rotatable bonds is 4. The van der Waals surface area contributed by atoms with Crippen molar-refractivity contribution in [2.45, 2.75) is 51.7 Å². The van der Waals surface area contributed by atoms with Gasteiger partial charge in [0.2, 0.25) is 0 Å². The van der Waals surface area contributed by atoms with Crippen LogP contribution in [0.1, 0.15) is 53.5 Å². The number of aryl methyl sites for hydroxylation is 1. The summed E-state index contributed by atoms with van der Waals surface area (Å²) in [5.74, 6) is 0.787. The predicted molar refractivity (Wildman–Crippen MR) is 121 cm³/mol. The van der Waals surface area contributed by atoms with Gasteiger partial charge in [0.15, 0.2) is 5.82 Å². The average molecular weight is 432 g/mol. The number of nitrogens with zero attached hydrogens (tertiary/aromatic N) is 5. The van der Waals surface area contributed by atoms with Crippen LogP contribution in [0.2, 0.25) is 0 Å². The van der Waals surface area contributed by atoms with Crippen LogP contribution in [0.5, 0.6) is 0 Å². The molecule has 0 N–H and O–H groups in total. The van der Waals surface area contributed by atoms with E-state index >= 15 is 0 Å². The first-order chi connectivity index (χ1) is 15.6. The van der Waals surface area contributed by atoms with E-state index in [9.17, 15) is 4.79 Å². The molecule has 7 nitrogen and oxygen atoms in total. The highest BCUT2D eigenvalue weighted by molar-refractivity contribution is 5.95. The zero-order chi connectivity index (χ0) is 22.1. The number of aromatic nitrogens is 4. The van der Waals surface area contributed by atoms with Crippen LogP contribution in [0.4, 0.5) is 0 Å². The summed E-state index contributed by atoms with van der Waals surface area (Å²) < 4.78 is 8.29. The summed E-state index contributed by atoms with van der Waals surface area (Å²) >= 11 is 0. The molecule has 32 heavy (non-hydrogen) atoms. The molecule has 166 valence electrons. The Morgan fingerprint density at radius 1 is 1.16 bits per heavy atom. The molecule has 7 heteroatoms. The lowest BCUT2D eigenvalue weighted by atomic mass is 9.83. The molecule has 1 saturated heterocycles. The number of ether oxygens (including phenoxy) is 1. The third-order valence-corrected chi connectivity index (χ3v) is 6.71. The molecule has 0 atom stereocenters. The molecule has 1 amide bonds. The third-order valence-electron chi connectivity index (χ3n) is 6.71. The van der Waals surface area contributed by atoms with Crippen molar-refractivity contribution < 1.29 is 9.53 Å². The highest BCUT2D eigenvalue weighted by Gasteiger charge is 2.43. The van der Waals surface area contributed by atoms with Crippen LogP contribution in [-0.4, -0.2) is 50.3 Å². The van der Waals surface area contributed by atoms with E-state index in [4.69, 9.17) is 9.72 Å². The Balaban J connectivity index is 1.37. The van der Waals surface area contributed by atoms with Crippen molar-refractivity contribution in [3.8, 4) is 11.4 Å². The van der Waals surface area contributed by atoms with Crippen molar-refractivity contribution in [1.29, 1.82) is 0 Å². The standard InChI is InChI=1S/C25H29N5O2/c1-3-12-30-18(2)21(17-27-30)24(31)29-13-10-25(11-14-29)22-20(9-15-32-25)16-26-23(28-22)19-7-5-4-6-8-19/h4-8,16-17H,3,9-15H2,1-2H3. The molecule has 2 aliphatic rings. The molecule has 3 aromatic rings. The molecular weight excluding hydrogens is 402 g/mol. The van der Waals surface area contributed by atoms with E-state index in [-0.39, 0.29) is 5.91 Å². The van der Waals surface area contributed by atoms with Gasteiger partial charge in [0.05, 0.1) is 24.1 Å². The molecule has 0 radical (unpaired) electrons. The smallest absolute Gasteiger partial charge is 0.257 e. The Morgan fingerprint density at radius 2 is 1.94 bits per heavy atom. The molecule has 0 unspecified atom stereocenters. The van der Waals surface area contributed by atoms with Crippen LogP contribution >= 0.6 is 0 Å². The second-order valence-electron chi connectivity index (χ2n) is 8.69. The molecule has 2 aromatic heterocycles. The summed E-state index contributed by atoms with van der Waals surface area (Å²) in [6, 6.07) is 10.0. The molecule has 0 saturated carbocycles. The molecule has 1 fully saturated rings. The maximum Gasteiger partial charge on any atom is 0.257 e. The van der Waals surface area contributed by atoms with Gasteiger partial charge < -0.3 is 9.64 Å². The highest BCUT2D eigenvalue weighted by atomic mass is 16.5. The summed E-state index contributed by atoms with van der Waals surface area (Å²) in [6.45, 7) is 6.86. The van der Waals surface area contributed by atoms with Crippen LogP contribution in [0.3, 0.4) is 0 Å². The minimum Gasteiger partial charge on any atom is -0.368 e. The van der Waals surface area contributed by atoms with Gasteiger partial charge in [-0.05, 0) is 38.2 Å². The largest absolute Gasteiger partial charge is 0.368 e. The summed E-state index contributed by atoms with van der Waals surface area (Å²) in [6.07, 6.45) is 6.95. The van der Waals surface area contributed by atoms with Crippen molar-refractivity contribution in [2.75, 3.05) is 19.7 Å². The average Bonchev–Trinajstić information content (AvgIpc) is 3.20. The number of carbonyl (C=O) groups is 1. The van der Waals surface area contributed by atoms with Crippen LogP contribution in [0.15, 0.2) is 42.7 Å². The summed E-state index contributed by atoms with van der Waals surface area (Å²) in [4.78, 5) is 24.7. The Bertz CT molecular complexity index is 1120. The maximum atomic E-state index is 13.2. The van der Waals surface area contributed by atoms with E-state index in [0.717, 1.165) is 60.6 Å². The highest BCUT2D eigenvalue weighted by Crippen LogP contribution is 2.41. The quantitative estimate of drug-likeness (QED) is 0.629. The van der Waals surface area contributed by atoms with Gasteiger partial charge in [-0.2, -0.15) is 5.10 Å². The third kappa shape index (κ3) is 3.60. The predicted octanol–water partition coefficient (Wildman–Crippen LogP) is 3.76. The zero-order valence-electron chi connectivity index (χ0n) is 18.8. The van der Waals surface area contributed by atoms with E-state index in [0.29, 0.717) is 25.3 Å². The summed E-state index contributed by atoms with van der Waals surface area (Å²) in [5, 5.41) is 4.40. The fourth-order valence-electron chi connectivity index (χ4n) is 4.85. The van der Waals surface area contributed by atoms with E-state index in [1.807, 2.05) is 53.0 Å². The number of hydrogen-bond acceptors (Lipinski definition) is 5. The first-order valence-electron chi connectivity index (χ1n) is 11.5. The number of hydrogen-bond donors (Lipinski definition) is 0. The number of benzene rings is 1. The van der Waals surface area contributed by atoms with Crippen molar-refractivity contribution in [3.05, 3.63) is 65.2 Å². The lowest BCUT2D eigenvalue weighted by Gasteiger charge is -2.44. The number of carbonyl (C=O) groups excluding carboxylic acids is 1. The number of amides is 1. The number of likely N-dealkylation sites (tertiary alicyclic amines) is 1. The second kappa shape index (κ2) is 8.47. The number of piperidine rings is 1. The van der Waals surface area contributed by atoms with Crippen LogP contribution in [-0.2, 0) is 23.3 Å². The van der Waals surface area contributed by atoms with Crippen molar-refractivity contribution in [1.82, 2.24) is 24.6 Å². The van der Waals surface area contributed by atoms with E-state index in [1.54, 1.807) is 6.20 Å². The monoisotopic (exact) mass is 431 g/mol. The van der Waals surface area contributed by atoms with Crippen LogP contribution < -0.4 is 0 Å². The van der Waals surface area contributed by atoms with Crippen molar-refractivity contribution >= 4 is 5.91 Å². The lowest BCUT2D eigenvalue weighted by Crippen LogP contribution is -2.49. The lowest BCUT2D eigenvalue weighted by molar-refractivity contribution is -0.0967. The molecule has 4 heterocycles. The Morgan fingerprint density at radius 3 is 2.69 bits per heavy atom. The van der Waals surface area contributed by atoms with Gasteiger partial charge >= 0.3 is 0 Å². The summed E-state index contributed by atoms with van der Waals surface area (Å²) in [5.41, 5.74) is 4.36. The fourth-order valence-corrected chi connectivity index (χ4v) is 4.85. The van der Waals surface area contributed by atoms with Crippen LogP contribution in [0.25, 0.3) is 11.4 Å². The van der Waals surface area contributed by atoms with Gasteiger partial charge in [-0.1, -0.05) is 37.3 Å². The molecule has 0 aliphatic carbocycles. The number of fused-ring (bicyclic) bond motifs is 2. The van der Waals surface area contributed by atoms with Gasteiger partial charge in [-0.25, -0.2) is 9.97 Å². The molecule has 2 aliphatic heterocycles. The van der Waals surface area contributed by atoms with Gasteiger partial charge in [-0.3, -0.25) is 9.48 Å². The molecule has 0 bridgehead atoms. The Kier molecular flexibility index (Phi) is 5.51. The minimum absolute atomic E-state index is 0.0587. The first-order valence-corrected chi connectivity index (χ1v) is 11.5. The van der Waals surface area contributed by atoms with Gasteiger partial charge in [0.1, 0.15) is 5.60 Å². The molecular formula is C25H29N5O2. The molecule has 5 rings (SSSR count).